The van der Waals surface area contributed by atoms with Crippen molar-refractivity contribution in [2.45, 2.75) is 46.0 Å². The van der Waals surface area contributed by atoms with Crippen LogP contribution in [-0.4, -0.2) is 16.5 Å². The fraction of sp³-hybridized carbons (Fsp3) is 0.733. The van der Waals surface area contributed by atoms with E-state index in [1.165, 1.54) is 25.7 Å². The van der Waals surface area contributed by atoms with E-state index in [2.05, 4.69) is 27.6 Å². The van der Waals surface area contributed by atoms with Gasteiger partial charge in [-0.15, -0.1) is 0 Å². The Morgan fingerprint density at radius 1 is 1.15 bits per heavy atom. The molecule has 0 spiro atoms. The summed E-state index contributed by atoms with van der Waals surface area (Å²) in [5, 5.41) is 3.56. The predicted molar refractivity (Wildman–Crippen MR) is 81.4 cm³/mol. The zero-order valence-corrected chi connectivity index (χ0v) is 12.4. The van der Waals surface area contributed by atoms with E-state index in [9.17, 15) is 0 Å². The highest BCUT2D eigenvalue weighted by atomic mass is 15.3. The molecule has 1 aromatic rings. The van der Waals surface area contributed by atoms with Crippen LogP contribution in [0.4, 0.5) is 11.6 Å². The van der Waals surface area contributed by atoms with Crippen molar-refractivity contribution in [2.75, 3.05) is 17.3 Å². The van der Waals surface area contributed by atoms with Gasteiger partial charge in [-0.1, -0.05) is 6.92 Å². The normalized spacial score (nSPS) is 18.4. The summed E-state index contributed by atoms with van der Waals surface area (Å²) in [6, 6.07) is 0. The van der Waals surface area contributed by atoms with Gasteiger partial charge in [0.25, 0.3) is 0 Å². The Kier molecular flexibility index (Phi) is 3.78. The van der Waals surface area contributed by atoms with Crippen molar-refractivity contribution in [2.24, 2.45) is 23.6 Å². The van der Waals surface area contributed by atoms with E-state index in [1.54, 1.807) is 0 Å². The third-order valence-corrected chi connectivity index (χ3v) is 4.61. The fourth-order valence-corrected chi connectivity index (χ4v) is 3.02. The number of aromatic nitrogens is 2. The molecule has 0 amide bonds. The van der Waals surface area contributed by atoms with Crippen LogP contribution < -0.4 is 16.6 Å². The molecule has 0 saturated heterocycles. The van der Waals surface area contributed by atoms with Gasteiger partial charge in [-0.05, 0) is 50.4 Å². The van der Waals surface area contributed by atoms with Gasteiger partial charge >= 0.3 is 0 Å². The molecule has 2 fully saturated rings. The van der Waals surface area contributed by atoms with E-state index in [4.69, 9.17) is 5.84 Å². The molecule has 4 N–H and O–H groups in total. The molecule has 0 atom stereocenters. The van der Waals surface area contributed by atoms with Crippen molar-refractivity contribution in [1.29, 1.82) is 0 Å². The summed E-state index contributed by atoms with van der Waals surface area (Å²) in [4.78, 5) is 9.02. The summed E-state index contributed by atoms with van der Waals surface area (Å²) in [5.74, 6) is 10.8. The van der Waals surface area contributed by atoms with E-state index < -0.39 is 0 Å². The van der Waals surface area contributed by atoms with Crippen LogP contribution in [0.15, 0.2) is 0 Å². The minimum Gasteiger partial charge on any atom is -0.369 e. The molecule has 0 bridgehead atoms. The van der Waals surface area contributed by atoms with Crippen LogP contribution in [0.25, 0.3) is 0 Å². The smallest absolute Gasteiger partial charge is 0.148 e. The van der Waals surface area contributed by atoms with Crippen molar-refractivity contribution < 1.29 is 0 Å². The maximum Gasteiger partial charge on any atom is 0.148 e. The van der Waals surface area contributed by atoms with Gasteiger partial charge < -0.3 is 10.7 Å². The highest BCUT2D eigenvalue weighted by Gasteiger charge is 2.41. The third-order valence-electron chi connectivity index (χ3n) is 4.61. The highest BCUT2D eigenvalue weighted by molar-refractivity contribution is 5.56. The lowest BCUT2D eigenvalue weighted by atomic mass is 9.98. The zero-order chi connectivity index (χ0) is 14.1. The summed E-state index contributed by atoms with van der Waals surface area (Å²) in [5.41, 5.74) is 3.69. The molecule has 2 aliphatic rings. The Labute approximate surface area is 120 Å². The quantitative estimate of drug-likeness (QED) is 0.526. The molecule has 2 aliphatic carbocycles. The SMILES string of the molecule is CCc1nc(NN)c(C)c(NCC(C2CC2)C2CC2)n1. The number of nitrogens with zero attached hydrogens (tertiary/aromatic N) is 2. The fourth-order valence-electron chi connectivity index (χ4n) is 3.02. The first-order chi connectivity index (χ1) is 9.72. The Balaban J connectivity index is 1.72. The van der Waals surface area contributed by atoms with E-state index in [-0.39, 0.29) is 0 Å². The number of hydrazine groups is 1. The molecule has 0 aromatic carbocycles. The van der Waals surface area contributed by atoms with Crippen molar-refractivity contribution >= 4 is 11.6 Å². The van der Waals surface area contributed by atoms with E-state index >= 15 is 0 Å². The Morgan fingerprint density at radius 2 is 1.75 bits per heavy atom. The lowest BCUT2D eigenvalue weighted by Crippen LogP contribution is -2.21. The second-order valence-electron chi connectivity index (χ2n) is 6.18. The van der Waals surface area contributed by atoms with E-state index in [0.717, 1.165) is 53.7 Å². The standard InChI is InChI=1S/C15H25N5/c1-3-13-18-14(9(2)15(19-13)20-16)17-8-12(10-4-5-10)11-6-7-11/h10-12H,3-8,16H2,1-2H3,(H2,17,18,19,20). The largest absolute Gasteiger partial charge is 0.369 e. The summed E-state index contributed by atoms with van der Waals surface area (Å²) < 4.78 is 0. The average Bonchev–Trinajstić information content (AvgIpc) is 3.34. The molecule has 0 unspecified atom stereocenters. The van der Waals surface area contributed by atoms with Crippen LogP contribution in [0.2, 0.25) is 0 Å². The molecule has 1 aromatic heterocycles. The number of hydrogen-bond donors (Lipinski definition) is 3. The summed E-state index contributed by atoms with van der Waals surface area (Å²) >= 11 is 0. The van der Waals surface area contributed by atoms with Crippen LogP contribution in [0.3, 0.4) is 0 Å². The van der Waals surface area contributed by atoms with Crippen LogP contribution in [0.1, 0.15) is 44.0 Å². The summed E-state index contributed by atoms with van der Waals surface area (Å²) in [6.45, 7) is 5.12. The Hall–Kier alpha value is -1.36. The first kappa shape index (κ1) is 13.6. The Bertz CT molecular complexity index is 467. The van der Waals surface area contributed by atoms with E-state index in [0.29, 0.717) is 0 Å². The van der Waals surface area contributed by atoms with Gasteiger partial charge in [0, 0.05) is 18.5 Å². The minimum atomic E-state index is 0.730. The number of hydrogen-bond acceptors (Lipinski definition) is 5. The second-order valence-corrected chi connectivity index (χ2v) is 6.18. The lowest BCUT2D eigenvalue weighted by Gasteiger charge is -2.19. The van der Waals surface area contributed by atoms with Crippen LogP contribution in [0, 0.1) is 24.7 Å². The highest BCUT2D eigenvalue weighted by Crippen LogP contribution is 2.49. The summed E-state index contributed by atoms with van der Waals surface area (Å²) in [6.07, 6.45) is 6.49. The van der Waals surface area contributed by atoms with Crippen LogP contribution in [0.5, 0.6) is 0 Å². The zero-order valence-electron chi connectivity index (χ0n) is 12.4. The number of anilines is 2. The van der Waals surface area contributed by atoms with E-state index in [1.807, 2.05) is 6.92 Å². The molecular formula is C15H25N5. The van der Waals surface area contributed by atoms with Gasteiger partial charge in [0.2, 0.25) is 0 Å². The van der Waals surface area contributed by atoms with Crippen molar-refractivity contribution in [3.8, 4) is 0 Å². The molecule has 20 heavy (non-hydrogen) atoms. The molecule has 1 heterocycles. The second kappa shape index (κ2) is 5.56. The molecule has 0 radical (unpaired) electrons. The lowest BCUT2D eigenvalue weighted by molar-refractivity contribution is 0.427. The van der Waals surface area contributed by atoms with Gasteiger partial charge in [-0.2, -0.15) is 0 Å². The number of nitrogens with one attached hydrogen (secondary N) is 2. The van der Waals surface area contributed by atoms with Crippen LogP contribution >= 0.6 is 0 Å². The molecule has 5 heteroatoms. The number of nitrogen functional groups attached to an aromatic ring is 1. The number of aryl methyl sites for hydroxylation is 1. The molecule has 5 nitrogen and oxygen atoms in total. The molecular weight excluding hydrogens is 250 g/mol. The van der Waals surface area contributed by atoms with Crippen molar-refractivity contribution in [3.05, 3.63) is 11.4 Å². The van der Waals surface area contributed by atoms with Gasteiger partial charge in [0.1, 0.15) is 17.5 Å². The first-order valence-corrected chi connectivity index (χ1v) is 7.81. The van der Waals surface area contributed by atoms with Crippen molar-refractivity contribution in [3.63, 3.8) is 0 Å². The molecule has 3 rings (SSSR count). The minimum absolute atomic E-state index is 0.730. The predicted octanol–water partition coefficient (Wildman–Crippen LogP) is 2.48. The summed E-state index contributed by atoms with van der Waals surface area (Å²) in [7, 11) is 0. The third kappa shape index (κ3) is 2.87. The number of rotatable bonds is 7. The van der Waals surface area contributed by atoms with Gasteiger partial charge in [-0.3, -0.25) is 0 Å². The average molecular weight is 275 g/mol. The first-order valence-electron chi connectivity index (χ1n) is 7.81. The van der Waals surface area contributed by atoms with Gasteiger partial charge in [0.05, 0.1) is 0 Å². The topological polar surface area (TPSA) is 75.9 Å². The monoisotopic (exact) mass is 275 g/mol. The van der Waals surface area contributed by atoms with Crippen molar-refractivity contribution in [1.82, 2.24) is 9.97 Å². The Morgan fingerprint density at radius 3 is 2.25 bits per heavy atom. The van der Waals surface area contributed by atoms with Crippen LogP contribution in [-0.2, 0) is 6.42 Å². The van der Waals surface area contributed by atoms with Gasteiger partial charge in [-0.25, -0.2) is 15.8 Å². The number of nitrogens with two attached hydrogens (primary N) is 1. The molecule has 2 saturated carbocycles. The molecule has 110 valence electrons. The maximum atomic E-state index is 5.55. The van der Waals surface area contributed by atoms with Gasteiger partial charge in [0.15, 0.2) is 0 Å². The molecule has 0 aliphatic heterocycles. The maximum absolute atomic E-state index is 5.55.